The SMILES string of the molecule is CN(Cc1ncc[nH]1)C(=O)CCSc1ccc(F)cc1. The van der Waals surface area contributed by atoms with Crippen LogP contribution < -0.4 is 0 Å². The van der Waals surface area contributed by atoms with Crippen LogP contribution in [0.15, 0.2) is 41.6 Å². The normalized spacial score (nSPS) is 10.5. The molecular weight excluding hydrogens is 277 g/mol. The van der Waals surface area contributed by atoms with E-state index in [0.29, 0.717) is 18.7 Å². The number of carbonyl (C=O) groups is 1. The van der Waals surface area contributed by atoms with Crippen molar-refractivity contribution >= 4 is 17.7 Å². The van der Waals surface area contributed by atoms with Gasteiger partial charge in [-0.05, 0) is 24.3 Å². The molecule has 1 heterocycles. The van der Waals surface area contributed by atoms with Crippen LogP contribution >= 0.6 is 11.8 Å². The molecular formula is C14H16FN3OS. The second kappa shape index (κ2) is 7.09. The number of amides is 1. The van der Waals surface area contributed by atoms with Crippen molar-refractivity contribution in [2.45, 2.75) is 17.9 Å². The molecule has 2 rings (SSSR count). The number of hydrogen-bond acceptors (Lipinski definition) is 3. The van der Waals surface area contributed by atoms with Gasteiger partial charge >= 0.3 is 0 Å². The molecule has 1 amide bonds. The topological polar surface area (TPSA) is 49.0 Å². The van der Waals surface area contributed by atoms with Crippen molar-refractivity contribution in [3.8, 4) is 0 Å². The Labute approximate surface area is 121 Å². The Morgan fingerprint density at radius 2 is 2.15 bits per heavy atom. The van der Waals surface area contributed by atoms with Gasteiger partial charge in [-0.3, -0.25) is 4.79 Å². The number of thioether (sulfide) groups is 1. The van der Waals surface area contributed by atoms with Gasteiger partial charge in [0.25, 0.3) is 0 Å². The summed E-state index contributed by atoms with van der Waals surface area (Å²) in [6.45, 7) is 0.479. The van der Waals surface area contributed by atoms with E-state index in [-0.39, 0.29) is 11.7 Å². The van der Waals surface area contributed by atoms with Crippen molar-refractivity contribution < 1.29 is 9.18 Å². The smallest absolute Gasteiger partial charge is 0.223 e. The lowest BCUT2D eigenvalue weighted by Gasteiger charge is -2.15. The molecule has 0 spiro atoms. The number of H-pyrrole nitrogens is 1. The third kappa shape index (κ3) is 4.38. The van der Waals surface area contributed by atoms with Gasteiger partial charge in [0, 0.05) is 36.5 Å². The predicted molar refractivity (Wildman–Crippen MR) is 76.8 cm³/mol. The zero-order chi connectivity index (χ0) is 14.4. The molecule has 20 heavy (non-hydrogen) atoms. The first-order valence-corrected chi connectivity index (χ1v) is 7.24. The minimum absolute atomic E-state index is 0.0658. The maximum absolute atomic E-state index is 12.7. The van der Waals surface area contributed by atoms with Crippen LogP contribution in [0.1, 0.15) is 12.2 Å². The van der Waals surface area contributed by atoms with Crippen LogP contribution in [0.25, 0.3) is 0 Å². The molecule has 0 saturated heterocycles. The van der Waals surface area contributed by atoms with Gasteiger partial charge in [-0.1, -0.05) is 0 Å². The number of benzene rings is 1. The zero-order valence-corrected chi connectivity index (χ0v) is 12.0. The molecule has 0 aliphatic carbocycles. The van der Waals surface area contributed by atoms with E-state index in [4.69, 9.17) is 0 Å². The minimum Gasteiger partial charge on any atom is -0.347 e. The summed E-state index contributed by atoms with van der Waals surface area (Å²) in [7, 11) is 1.76. The van der Waals surface area contributed by atoms with Gasteiger partial charge < -0.3 is 9.88 Å². The number of nitrogens with one attached hydrogen (secondary N) is 1. The summed E-state index contributed by atoms with van der Waals surface area (Å²) in [5.41, 5.74) is 0. The average molecular weight is 293 g/mol. The van der Waals surface area contributed by atoms with Crippen LogP contribution in [-0.4, -0.2) is 33.6 Å². The van der Waals surface area contributed by atoms with E-state index in [9.17, 15) is 9.18 Å². The Hall–Kier alpha value is -1.82. The van der Waals surface area contributed by atoms with Gasteiger partial charge in [0.2, 0.25) is 5.91 Å². The lowest BCUT2D eigenvalue weighted by molar-refractivity contribution is -0.130. The Morgan fingerprint density at radius 1 is 1.40 bits per heavy atom. The van der Waals surface area contributed by atoms with Gasteiger partial charge in [0.1, 0.15) is 11.6 Å². The number of aromatic nitrogens is 2. The van der Waals surface area contributed by atoms with Crippen LogP contribution in [0.4, 0.5) is 4.39 Å². The van der Waals surface area contributed by atoms with E-state index < -0.39 is 0 Å². The third-order valence-corrected chi connectivity index (χ3v) is 3.78. The number of imidazole rings is 1. The highest BCUT2D eigenvalue weighted by Gasteiger charge is 2.10. The first-order chi connectivity index (χ1) is 9.65. The molecule has 2 aromatic rings. The number of halogens is 1. The summed E-state index contributed by atoms with van der Waals surface area (Å²) in [6.07, 6.45) is 3.84. The largest absolute Gasteiger partial charge is 0.347 e. The second-order valence-corrected chi connectivity index (χ2v) is 5.51. The van der Waals surface area contributed by atoms with Crippen LogP contribution in [0.3, 0.4) is 0 Å². The molecule has 0 fully saturated rings. The average Bonchev–Trinajstić information content (AvgIpc) is 2.93. The fourth-order valence-corrected chi connectivity index (χ4v) is 2.52. The monoisotopic (exact) mass is 293 g/mol. The number of nitrogens with zero attached hydrogens (tertiary/aromatic N) is 2. The molecule has 0 aliphatic heterocycles. The molecule has 4 nitrogen and oxygen atoms in total. The Balaban J connectivity index is 1.73. The molecule has 106 valence electrons. The van der Waals surface area contributed by atoms with Gasteiger partial charge in [-0.2, -0.15) is 0 Å². The first-order valence-electron chi connectivity index (χ1n) is 6.26. The van der Waals surface area contributed by atoms with E-state index in [1.165, 1.54) is 12.1 Å². The molecule has 0 bridgehead atoms. The van der Waals surface area contributed by atoms with E-state index in [1.807, 2.05) is 0 Å². The number of rotatable bonds is 6. The highest BCUT2D eigenvalue weighted by atomic mass is 32.2. The molecule has 0 aliphatic rings. The second-order valence-electron chi connectivity index (χ2n) is 4.34. The van der Waals surface area contributed by atoms with Gasteiger partial charge in [0.05, 0.1) is 6.54 Å². The minimum atomic E-state index is -0.247. The highest BCUT2D eigenvalue weighted by Crippen LogP contribution is 2.19. The summed E-state index contributed by atoms with van der Waals surface area (Å²) >= 11 is 1.55. The molecule has 1 aromatic carbocycles. The maximum Gasteiger partial charge on any atom is 0.223 e. The summed E-state index contributed by atoms with van der Waals surface area (Å²) in [4.78, 5) is 21.6. The molecule has 0 radical (unpaired) electrons. The number of carbonyl (C=O) groups excluding carboxylic acids is 1. The molecule has 6 heteroatoms. The summed E-state index contributed by atoms with van der Waals surface area (Å²) in [5, 5.41) is 0. The fourth-order valence-electron chi connectivity index (χ4n) is 1.68. The van der Waals surface area contributed by atoms with Crippen molar-refractivity contribution in [3.05, 3.63) is 48.3 Å². The highest BCUT2D eigenvalue weighted by molar-refractivity contribution is 7.99. The van der Waals surface area contributed by atoms with Gasteiger partial charge in [-0.15, -0.1) is 11.8 Å². The summed E-state index contributed by atoms with van der Waals surface area (Å²) in [5.74, 6) is 1.26. The maximum atomic E-state index is 12.7. The third-order valence-electron chi connectivity index (χ3n) is 2.77. The lowest BCUT2D eigenvalue weighted by atomic mass is 10.3. The van der Waals surface area contributed by atoms with Crippen molar-refractivity contribution in [2.24, 2.45) is 0 Å². The zero-order valence-electron chi connectivity index (χ0n) is 11.2. The molecule has 1 aromatic heterocycles. The quantitative estimate of drug-likeness (QED) is 0.833. The Kier molecular flexibility index (Phi) is 5.17. The lowest BCUT2D eigenvalue weighted by Crippen LogP contribution is -2.26. The Bertz CT molecular complexity index is 542. The fraction of sp³-hybridized carbons (Fsp3) is 0.286. The van der Waals surface area contributed by atoms with Crippen molar-refractivity contribution in [3.63, 3.8) is 0 Å². The van der Waals surface area contributed by atoms with Crippen molar-refractivity contribution in [1.29, 1.82) is 0 Å². The Morgan fingerprint density at radius 3 is 2.80 bits per heavy atom. The van der Waals surface area contributed by atoms with Crippen LogP contribution in [0, 0.1) is 5.82 Å². The molecule has 1 N–H and O–H groups in total. The van der Waals surface area contributed by atoms with E-state index in [2.05, 4.69) is 9.97 Å². The van der Waals surface area contributed by atoms with E-state index >= 15 is 0 Å². The molecule has 0 atom stereocenters. The molecule has 0 unspecified atom stereocenters. The summed E-state index contributed by atoms with van der Waals surface area (Å²) < 4.78 is 12.7. The number of aromatic amines is 1. The van der Waals surface area contributed by atoms with Crippen LogP contribution in [-0.2, 0) is 11.3 Å². The van der Waals surface area contributed by atoms with Crippen LogP contribution in [0.5, 0.6) is 0 Å². The summed E-state index contributed by atoms with van der Waals surface area (Å²) in [6, 6.07) is 6.29. The van der Waals surface area contributed by atoms with Crippen molar-refractivity contribution in [1.82, 2.24) is 14.9 Å². The van der Waals surface area contributed by atoms with Crippen molar-refractivity contribution in [2.75, 3.05) is 12.8 Å². The first kappa shape index (κ1) is 14.6. The van der Waals surface area contributed by atoms with Crippen LogP contribution in [0.2, 0.25) is 0 Å². The predicted octanol–water partition coefficient (Wildman–Crippen LogP) is 2.69. The number of hydrogen-bond donors (Lipinski definition) is 1. The standard InChI is InChI=1S/C14H16FN3OS/c1-18(10-13-16-7-8-17-13)14(19)6-9-20-12-4-2-11(15)3-5-12/h2-5,7-8H,6,9-10H2,1H3,(H,16,17). The van der Waals surface area contributed by atoms with E-state index in [0.717, 1.165) is 10.7 Å². The van der Waals surface area contributed by atoms with Gasteiger partial charge in [-0.25, -0.2) is 9.37 Å². The molecule has 0 saturated carbocycles. The van der Waals surface area contributed by atoms with Gasteiger partial charge in [0.15, 0.2) is 0 Å². The van der Waals surface area contributed by atoms with E-state index in [1.54, 1.807) is 48.2 Å².